The van der Waals surface area contributed by atoms with Gasteiger partial charge in [0.1, 0.15) is 23.1 Å². The number of benzene rings is 1. The second-order valence-corrected chi connectivity index (χ2v) is 7.05. The van der Waals surface area contributed by atoms with Crippen LogP contribution in [0.3, 0.4) is 0 Å². The highest BCUT2D eigenvalue weighted by atomic mass is 19.1. The van der Waals surface area contributed by atoms with Crippen molar-refractivity contribution >= 4 is 28.1 Å². The Morgan fingerprint density at radius 1 is 1.37 bits per heavy atom. The predicted octanol–water partition coefficient (Wildman–Crippen LogP) is 2.86. The molecule has 0 aliphatic heterocycles. The van der Waals surface area contributed by atoms with E-state index in [1.165, 1.54) is 13.3 Å². The van der Waals surface area contributed by atoms with Gasteiger partial charge in [-0.2, -0.15) is 5.26 Å². The van der Waals surface area contributed by atoms with Crippen molar-refractivity contribution in [2.45, 2.75) is 18.9 Å². The summed E-state index contributed by atoms with van der Waals surface area (Å²) < 4.78 is 22.5. The summed E-state index contributed by atoms with van der Waals surface area (Å²) in [6, 6.07) is 7.52. The van der Waals surface area contributed by atoms with Crippen molar-refractivity contribution in [3.63, 3.8) is 0 Å². The number of rotatable bonds is 7. The summed E-state index contributed by atoms with van der Waals surface area (Å²) in [4.78, 5) is 16.9. The van der Waals surface area contributed by atoms with E-state index in [9.17, 15) is 10.1 Å². The molecule has 4 N–H and O–H groups in total. The topological polar surface area (TPSA) is 118 Å². The van der Waals surface area contributed by atoms with Gasteiger partial charge < -0.3 is 25.7 Å². The maximum Gasteiger partial charge on any atom is 0.209 e. The number of fused-ring (bicyclic) bond motifs is 1. The molecule has 0 unspecified atom stereocenters. The molecular formula is C21H21FN6O2. The lowest BCUT2D eigenvalue weighted by Gasteiger charge is -2.20. The average molecular weight is 408 g/mol. The fourth-order valence-electron chi connectivity index (χ4n) is 3.50. The number of nitriles is 1. The van der Waals surface area contributed by atoms with Gasteiger partial charge in [0.15, 0.2) is 11.6 Å². The number of aromatic nitrogens is 2. The van der Waals surface area contributed by atoms with Crippen molar-refractivity contribution in [1.29, 1.82) is 5.26 Å². The Morgan fingerprint density at radius 2 is 2.13 bits per heavy atom. The Balaban J connectivity index is 1.75. The van der Waals surface area contributed by atoms with Crippen LogP contribution in [0.2, 0.25) is 0 Å². The molecule has 1 fully saturated rings. The van der Waals surface area contributed by atoms with Gasteiger partial charge in [0.2, 0.25) is 5.43 Å². The van der Waals surface area contributed by atoms with Crippen LogP contribution in [-0.4, -0.2) is 29.8 Å². The summed E-state index contributed by atoms with van der Waals surface area (Å²) in [6.07, 6.45) is 4.99. The van der Waals surface area contributed by atoms with Crippen LogP contribution in [0.15, 0.2) is 35.4 Å². The molecule has 8 nitrogen and oxygen atoms in total. The zero-order valence-electron chi connectivity index (χ0n) is 16.4. The Kier molecular flexibility index (Phi) is 5.14. The zero-order chi connectivity index (χ0) is 21.3. The molecule has 0 atom stereocenters. The maximum absolute atomic E-state index is 15.2. The fraction of sp³-hybridized carbons (Fsp3) is 0.286. The van der Waals surface area contributed by atoms with Gasteiger partial charge in [-0.1, -0.05) is 6.07 Å². The zero-order valence-corrected chi connectivity index (χ0v) is 16.4. The first kappa shape index (κ1) is 19.5. The van der Waals surface area contributed by atoms with Crippen LogP contribution >= 0.6 is 0 Å². The molecule has 1 aliphatic carbocycles. The molecule has 0 bridgehead atoms. The van der Waals surface area contributed by atoms with Crippen LogP contribution in [0.25, 0.3) is 10.9 Å². The molecule has 1 aliphatic rings. The molecule has 30 heavy (non-hydrogen) atoms. The Bertz CT molecular complexity index is 1200. The molecule has 0 saturated heterocycles. The molecule has 2 aromatic heterocycles. The van der Waals surface area contributed by atoms with E-state index in [1.807, 2.05) is 24.3 Å². The lowest BCUT2D eigenvalue weighted by molar-refractivity contribution is 0.416. The summed E-state index contributed by atoms with van der Waals surface area (Å²) in [5.74, 6) is 0.131. The second kappa shape index (κ2) is 7.91. The van der Waals surface area contributed by atoms with Crippen molar-refractivity contribution in [3.05, 3.63) is 52.2 Å². The van der Waals surface area contributed by atoms with E-state index in [-0.39, 0.29) is 34.1 Å². The third kappa shape index (κ3) is 3.37. The molecule has 0 radical (unpaired) electrons. The SMILES string of the molecule is COc1c(NCCNc2ccccn2)c(F)c(N)c2c(=O)c(C#N)cn(C3CC3)c12. The lowest BCUT2D eigenvalue weighted by Crippen LogP contribution is -2.19. The van der Waals surface area contributed by atoms with Gasteiger partial charge in [0.05, 0.1) is 23.7 Å². The Hall–Kier alpha value is -3.80. The third-order valence-electron chi connectivity index (χ3n) is 5.06. The molecule has 9 heteroatoms. The summed E-state index contributed by atoms with van der Waals surface area (Å²) in [6.45, 7) is 0.832. The number of methoxy groups -OCH3 is 1. The van der Waals surface area contributed by atoms with Crippen LogP contribution in [0.5, 0.6) is 5.75 Å². The highest BCUT2D eigenvalue weighted by Gasteiger charge is 2.30. The first-order valence-electron chi connectivity index (χ1n) is 9.59. The minimum absolute atomic E-state index is 0.0209. The van der Waals surface area contributed by atoms with Gasteiger partial charge in [0.25, 0.3) is 0 Å². The second-order valence-electron chi connectivity index (χ2n) is 7.05. The first-order valence-corrected chi connectivity index (χ1v) is 9.59. The third-order valence-corrected chi connectivity index (χ3v) is 5.06. The first-order chi connectivity index (χ1) is 14.6. The van der Waals surface area contributed by atoms with Crippen LogP contribution in [0.4, 0.5) is 21.6 Å². The van der Waals surface area contributed by atoms with Gasteiger partial charge in [-0.05, 0) is 25.0 Å². The highest BCUT2D eigenvalue weighted by Crippen LogP contribution is 2.44. The van der Waals surface area contributed by atoms with Crippen LogP contribution < -0.4 is 26.5 Å². The standard InChI is InChI=1S/C21H21FN6O2/c1-30-21-18(27-9-8-26-14-4-2-3-7-25-14)16(22)17(24)15-19(21)28(13-5-6-13)11-12(10-23)20(15)29/h2-4,7,11,13,27H,5-6,8-9,24H2,1H3,(H,25,26). The van der Waals surface area contributed by atoms with E-state index in [1.54, 1.807) is 10.8 Å². The van der Waals surface area contributed by atoms with Gasteiger partial charge in [-0.25, -0.2) is 9.37 Å². The quantitative estimate of drug-likeness (QED) is 0.406. The molecule has 3 aromatic rings. The number of nitrogen functional groups attached to an aromatic ring is 1. The maximum atomic E-state index is 15.2. The van der Waals surface area contributed by atoms with Crippen molar-refractivity contribution in [2.75, 3.05) is 36.6 Å². The van der Waals surface area contributed by atoms with Crippen LogP contribution in [0.1, 0.15) is 24.4 Å². The van der Waals surface area contributed by atoms with E-state index in [0.717, 1.165) is 12.8 Å². The molecule has 0 spiro atoms. The van der Waals surface area contributed by atoms with Gasteiger partial charge in [0, 0.05) is 31.5 Å². The number of hydrogen-bond donors (Lipinski definition) is 3. The van der Waals surface area contributed by atoms with E-state index >= 15 is 4.39 Å². The fourth-order valence-corrected chi connectivity index (χ4v) is 3.50. The molecule has 154 valence electrons. The highest BCUT2D eigenvalue weighted by molar-refractivity contribution is 6.00. The van der Waals surface area contributed by atoms with Crippen molar-refractivity contribution in [1.82, 2.24) is 9.55 Å². The van der Waals surface area contributed by atoms with E-state index in [2.05, 4.69) is 15.6 Å². The summed E-state index contributed by atoms with van der Waals surface area (Å²) in [5.41, 5.74) is 5.57. The normalized spacial score (nSPS) is 13.1. The summed E-state index contributed by atoms with van der Waals surface area (Å²) >= 11 is 0. The number of halogens is 1. The number of ether oxygens (including phenoxy) is 1. The number of nitrogens with one attached hydrogen (secondary N) is 2. The van der Waals surface area contributed by atoms with Crippen LogP contribution in [0, 0.1) is 17.1 Å². The summed E-state index contributed by atoms with van der Waals surface area (Å²) in [7, 11) is 1.42. The lowest BCUT2D eigenvalue weighted by atomic mass is 10.1. The van der Waals surface area contributed by atoms with Crippen molar-refractivity contribution in [2.24, 2.45) is 0 Å². The number of hydrogen-bond acceptors (Lipinski definition) is 7. The smallest absolute Gasteiger partial charge is 0.209 e. The Labute approximate surface area is 172 Å². The molecule has 1 saturated carbocycles. The van der Waals surface area contributed by atoms with E-state index in [0.29, 0.717) is 24.4 Å². The van der Waals surface area contributed by atoms with Crippen LogP contribution in [-0.2, 0) is 0 Å². The van der Waals surface area contributed by atoms with Crippen molar-refractivity contribution in [3.8, 4) is 11.8 Å². The average Bonchev–Trinajstić information content (AvgIpc) is 3.60. The van der Waals surface area contributed by atoms with E-state index in [4.69, 9.17) is 10.5 Å². The molecule has 1 aromatic carbocycles. The van der Waals surface area contributed by atoms with Gasteiger partial charge in [-0.3, -0.25) is 4.79 Å². The number of nitrogens with zero attached hydrogens (tertiary/aromatic N) is 3. The number of anilines is 3. The molecular weight excluding hydrogens is 387 g/mol. The molecule has 0 amide bonds. The molecule has 4 rings (SSSR count). The minimum Gasteiger partial charge on any atom is -0.492 e. The Morgan fingerprint density at radius 3 is 2.77 bits per heavy atom. The molecule has 2 heterocycles. The van der Waals surface area contributed by atoms with Gasteiger partial charge >= 0.3 is 0 Å². The van der Waals surface area contributed by atoms with Crippen molar-refractivity contribution < 1.29 is 9.13 Å². The number of pyridine rings is 2. The monoisotopic (exact) mass is 408 g/mol. The largest absolute Gasteiger partial charge is 0.492 e. The minimum atomic E-state index is -0.772. The summed E-state index contributed by atoms with van der Waals surface area (Å²) in [5, 5.41) is 15.5. The van der Waals surface area contributed by atoms with Gasteiger partial charge in [-0.15, -0.1) is 0 Å². The predicted molar refractivity (Wildman–Crippen MR) is 113 cm³/mol. The number of nitrogens with two attached hydrogens (primary N) is 1. The van der Waals surface area contributed by atoms with E-state index < -0.39 is 11.2 Å².